The number of carbonyl (C=O) groups excluding carboxylic acids is 1. The van der Waals surface area contributed by atoms with Crippen LogP contribution in [0.1, 0.15) is 25.0 Å². The van der Waals surface area contributed by atoms with Crippen molar-refractivity contribution in [2.75, 3.05) is 32.8 Å². The molecule has 4 rings (SSSR count). The van der Waals surface area contributed by atoms with Crippen LogP contribution in [0.2, 0.25) is 0 Å². The van der Waals surface area contributed by atoms with E-state index in [1.165, 1.54) is 6.42 Å². The highest BCUT2D eigenvalue weighted by molar-refractivity contribution is 5.79. The first kappa shape index (κ1) is 14.1. The smallest absolute Gasteiger partial charge is 0.223 e. The SMILES string of the molecule is O=C1C[C@@H]2CC[C@@H](Cn3cc(CN4CCOCC4)nn3)N1C2. The number of hydrogen-bond donors (Lipinski definition) is 0. The molecule has 1 aromatic heterocycles. The number of hydrogen-bond acceptors (Lipinski definition) is 5. The number of ether oxygens (including phenoxy) is 1. The molecule has 1 amide bonds. The molecule has 7 heteroatoms. The highest BCUT2D eigenvalue weighted by Crippen LogP contribution is 2.32. The predicted molar refractivity (Wildman–Crippen MR) is 79.0 cm³/mol. The molecule has 1 aromatic rings. The number of aromatic nitrogens is 3. The van der Waals surface area contributed by atoms with Crippen LogP contribution in [-0.2, 0) is 22.6 Å². The van der Waals surface area contributed by atoms with Crippen LogP contribution < -0.4 is 0 Å². The van der Waals surface area contributed by atoms with E-state index in [0.29, 0.717) is 17.9 Å². The first-order valence-electron chi connectivity index (χ1n) is 8.26. The summed E-state index contributed by atoms with van der Waals surface area (Å²) in [5.41, 5.74) is 1.00. The molecule has 22 heavy (non-hydrogen) atoms. The fourth-order valence-electron chi connectivity index (χ4n) is 3.83. The van der Waals surface area contributed by atoms with Gasteiger partial charge in [0.05, 0.1) is 31.5 Å². The molecule has 2 atom stereocenters. The Morgan fingerprint density at radius 3 is 3.00 bits per heavy atom. The lowest BCUT2D eigenvalue weighted by molar-refractivity contribution is -0.129. The normalized spacial score (nSPS) is 29.3. The molecular weight excluding hydrogens is 282 g/mol. The van der Waals surface area contributed by atoms with Crippen LogP contribution in [0.4, 0.5) is 0 Å². The van der Waals surface area contributed by atoms with Crippen molar-refractivity contribution in [3.63, 3.8) is 0 Å². The van der Waals surface area contributed by atoms with Crippen molar-refractivity contribution >= 4 is 5.91 Å². The van der Waals surface area contributed by atoms with Crippen molar-refractivity contribution < 1.29 is 9.53 Å². The van der Waals surface area contributed by atoms with Gasteiger partial charge >= 0.3 is 0 Å². The molecule has 0 aliphatic carbocycles. The van der Waals surface area contributed by atoms with Gasteiger partial charge in [-0.15, -0.1) is 5.10 Å². The van der Waals surface area contributed by atoms with Gasteiger partial charge in [0.25, 0.3) is 0 Å². The molecule has 3 saturated heterocycles. The molecule has 0 saturated carbocycles. The highest BCUT2D eigenvalue weighted by Gasteiger charge is 2.38. The summed E-state index contributed by atoms with van der Waals surface area (Å²) in [5.74, 6) is 0.914. The van der Waals surface area contributed by atoms with Crippen molar-refractivity contribution in [1.82, 2.24) is 24.8 Å². The molecule has 7 nitrogen and oxygen atoms in total. The minimum atomic E-state index is 0.296. The molecule has 120 valence electrons. The van der Waals surface area contributed by atoms with Crippen LogP contribution in [0.25, 0.3) is 0 Å². The van der Waals surface area contributed by atoms with Gasteiger partial charge in [-0.25, -0.2) is 0 Å². The average molecular weight is 305 g/mol. The molecule has 2 bridgehead atoms. The Morgan fingerprint density at radius 2 is 2.14 bits per heavy atom. The van der Waals surface area contributed by atoms with Gasteiger partial charge in [0.2, 0.25) is 5.91 Å². The van der Waals surface area contributed by atoms with Crippen LogP contribution in [-0.4, -0.2) is 69.6 Å². The van der Waals surface area contributed by atoms with Crippen LogP contribution in [0.5, 0.6) is 0 Å². The number of carbonyl (C=O) groups is 1. The Kier molecular flexibility index (Phi) is 3.83. The predicted octanol–water partition coefficient (Wildman–Crippen LogP) is 0.121. The van der Waals surface area contributed by atoms with E-state index in [9.17, 15) is 4.79 Å². The van der Waals surface area contributed by atoms with E-state index in [0.717, 1.165) is 64.5 Å². The van der Waals surface area contributed by atoms with Crippen LogP contribution in [0.15, 0.2) is 6.20 Å². The summed E-state index contributed by atoms with van der Waals surface area (Å²) in [7, 11) is 0. The zero-order valence-corrected chi connectivity index (χ0v) is 12.9. The van der Waals surface area contributed by atoms with E-state index in [1.807, 2.05) is 10.9 Å². The first-order chi connectivity index (χ1) is 10.8. The molecule has 3 aliphatic rings. The molecule has 3 fully saturated rings. The number of piperidine rings is 1. The summed E-state index contributed by atoms with van der Waals surface area (Å²) in [5, 5.41) is 8.54. The third kappa shape index (κ3) is 2.87. The van der Waals surface area contributed by atoms with E-state index in [-0.39, 0.29) is 0 Å². The second-order valence-electron chi connectivity index (χ2n) is 6.67. The zero-order valence-electron chi connectivity index (χ0n) is 12.9. The summed E-state index contributed by atoms with van der Waals surface area (Å²) in [6.07, 6.45) is 5.04. The second kappa shape index (κ2) is 5.96. The number of amides is 1. The molecular formula is C15H23N5O2. The molecule has 0 radical (unpaired) electrons. The van der Waals surface area contributed by atoms with Gasteiger partial charge in [-0.2, -0.15) is 0 Å². The summed E-state index contributed by atoms with van der Waals surface area (Å²) < 4.78 is 7.27. The maximum atomic E-state index is 12.0. The number of morpholine rings is 1. The lowest BCUT2D eigenvalue weighted by atomic mass is 9.96. The fourth-order valence-corrected chi connectivity index (χ4v) is 3.83. The highest BCUT2D eigenvalue weighted by atomic mass is 16.5. The maximum absolute atomic E-state index is 12.0. The lowest BCUT2D eigenvalue weighted by Gasteiger charge is -2.32. The molecule has 0 aromatic carbocycles. The van der Waals surface area contributed by atoms with Gasteiger partial charge in [0, 0.05) is 38.8 Å². The van der Waals surface area contributed by atoms with Gasteiger partial charge in [-0.05, 0) is 18.8 Å². The molecule has 0 N–H and O–H groups in total. The molecule has 3 aliphatic heterocycles. The second-order valence-corrected chi connectivity index (χ2v) is 6.67. The monoisotopic (exact) mass is 305 g/mol. The van der Waals surface area contributed by atoms with Crippen molar-refractivity contribution in [1.29, 1.82) is 0 Å². The molecule has 0 unspecified atom stereocenters. The zero-order chi connectivity index (χ0) is 14.9. The van der Waals surface area contributed by atoms with Gasteiger partial charge in [-0.1, -0.05) is 5.21 Å². The summed E-state index contributed by atoms with van der Waals surface area (Å²) >= 11 is 0. The Hall–Kier alpha value is -1.47. The first-order valence-corrected chi connectivity index (χ1v) is 8.26. The van der Waals surface area contributed by atoms with Gasteiger partial charge < -0.3 is 9.64 Å². The Morgan fingerprint density at radius 1 is 1.27 bits per heavy atom. The quantitative estimate of drug-likeness (QED) is 0.791. The largest absolute Gasteiger partial charge is 0.379 e. The minimum absolute atomic E-state index is 0.296. The fraction of sp³-hybridized carbons (Fsp3) is 0.800. The lowest BCUT2D eigenvalue weighted by Crippen LogP contribution is -2.42. The van der Waals surface area contributed by atoms with E-state index in [4.69, 9.17) is 4.74 Å². The van der Waals surface area contributed by atoms with E-state index in [1.54, 1.807) is 0 Å². The Bertz CT molecular complexity index is 540. The van der Waals surface area contributed by atoms with E-state index < -0.39 is 0 Å². The van der Waals surface area contributed by atoms with Gasteiger partial charge in [0.1, 0.15) is 0 Å². The third-order valence-corrected chi connectivity index (χ3v) is 5.06. The van der Waals surface area contributed by atoms with E-state index in [2.05, 4.69) is 20.1 Å². The van der Waals surface area contributed by atoms with Crippen LogP contribution in [0.3, 0.4) is 0 Å². The minimum Gasteiger partial charge on any atom is -0.379 e. The van der Waals surface area contributed by atoms with Crippen LogP contribution in [0, 0.1) is 5.92 Å². The van der Waals surface area contributed by atoms with Crippen molar-refractivity contribution in [3.05, 3.63) is 11.9 Å². The maximum Gasteiger partial charge on any atom is 0.223 e. The Balaban J connectivity index is 1.36. The van der Waals surface area contributed by atoms with Crippen LogP contribution >= 0.6 is 0 Å². The third-order valence-electron chi connectivity index (χ3n) is 5.06. The number of rotatable bonds is 4. The molecule has 0 spiro atoms. The standard InChI is InChI=1S/C15H23N5O2/c21-15-7-12-1-2-14(20(15)8-12)11-19-10-13(16-17-19)9-18-3-5-22-6-4-18/h10,12,14H,1-9,11H2/t12-,14-/m0/s1. The van der Waals surface area contributed by atoms with Gasteiger partial charge in [0.15, 0.2) is 0 Å². The Labute approximate surface area is 130 Å². The average Bonchev–Trinajstić information content (AvgIpc) is 3.08. The van der Waals surface area contributed by atoms with Crippen molar-refractivity contribution in [3.8, 4) is 0 Å². The van der Waals surface area contributed by atoms with E-state index >= 15 is 0 Å². The number of nitrogens with zero attached hydrogens (tertiary/aromatic N) is 5. The number of fused-ring (bicyclic) bond motifs is 2. The molecule has 4 heterocycles. The van der Waals surface area contributed by atoms with Crippen molar-refractivity contribution in [2.24, 2.45) is 5.92 Å². The summed E-state index contributed by atoms with van der Waals surface area (Å²) in [4.78, 5) is 16.4. The van der Waals surface area contributed by atoms with Crippen molar-refractivity contribution in [2.45, 2.75) is 38.4 Å². The summed E-state index contributed by atoms with van der Waals surface area (Å²) in [6, 6.07) is 0.296. The summed E-state index contributed by atoms with van der Waals surface area (Å²) in [6.45, 7) is 6.06. The topological polar surface area (TPSA) is 63.5 Å². The van der Waals surface area contributed by atoms with Gasteiger partial charge in [-0.3, -0.25) is 14.4 Å².